The van der Waals surface area contributed by atoms with Gasteiger partial charge in [0.15, 0.2) is 0 Å². The second-order valence-corrected chi connectivity index (χ2v) is 7.84. The van der Waals surface area contributed by atoms with Crippen LogP contribution in [0.4, 0.5) is 5.82 Å². The van der Waals surface area contributed by atoms with Crippen LogP contribution in [0.2, 0.25) is 5.02 Å². The molecule has 3 heterocycles. The van der Waals surface area contributed by atoms with Crippen molar-refractivity contribution in [2.75, 3.05) is 11.9 Å². The summed E-state index contributed by atoms with van der Waals surface area (Å²) in [7, 11) is 0. The van der Waals surface area contributed by atoms with Gasteiger partial charge in [0.05, 0.1) is 23.4 Å². The molecule has 0 fully saturated rings. The molecule has 1 aliphatic carbocycles. The molecule has 0 saturated heterocycles. The Morgan fingerprint density at radius 3 is 2.79 bits per heavy atom. The van der Waals surface area contributed by atoms with Crippen LogP contribution in [0.5, 0.6) is 0 Å². The van der Waals surface area contributed by atoms with Crippen LogP contribution in [-0.4, -0.2) is 32.0 Å². The Bertz CT molecular complexity index is 811. The summed E-state index contributed by atoms with van der Waals surface area (Å²) in [5, 5.41) is 18.5. The zero-order valence-electron chi connectivity index (χ0n) is 13.9. The van der Waals surface area contributed by atoms with Crippen LogP contribution in [-0.2, 0) is 12.0 Å². The van der Waals surface area contributed by atoms with E-state index >= 15 is 0 Å². The van der Waals surface area contributed by atoms with Crippen molar-refractivity contribution in [3.63, 3.8) is 0 Å². The Morgan fingerprint density at radius 1 is 1.33 bits per heavy atom. The van der Waals surface area contributed by atoms with Gasteiger partial charge in [-0.15, -0.1) is 0 Å². The summed E-state index contributed by atoms with van der Waals surface area (Å²) in [4.78, 5) is 4.59. The van der Waals surface area contributed by atoms with Crippen LogP contribution in [0.25, 0.3) is 11.1 Å². The fraction of sp³-hybridized carbons (Fsp3) is 0.444. The number of rotatable bonds is 3. The average Bonchev–Trinajstić information content (AvgIpc) is 3.21. The lowest BCUT2D eigenvalue weighted by Crippen LogP contribution is -2.26. The zero-order chi connectivity index (χ0) is 16.9. The number of nitrogens with one attached hydrogen (secondary N) is 1. The van der Waals surface area contributed by atoms with Gasteiger partial charge >= 0.3 is 0 Å². The van der Waals surface area contributed by atoms with Gasteiger partial charge in [-0.3, -0.25) is 4.68 Å². The minimum Gasteiger partial charge on any atom is -0.389 e. The van der Waals surface area contributed by atoms with Crippen molar-refractivity contribution < 1.29 is 5.11 Å². The fourth-order valence-electron chi connectivity index (χ4n) is 3.68. The number of hydrogen-bond acceptors (Lipinski definition) is 4. The lowest BCUT2D eigenvalue weighted by molar-refractivity contribution is 0.0577. The number of aliphatic hydroxyl groups is 1. The molecule has 126 valence electrons. The monoisotopic (exact) mass is 344 g/mol. The van der Waals surface area contributed by atoms with Crippen molar-refractivity contribution in [3.05, 3.63) is 41.3 Å². The van der Waals surface area contributed by atoms with Crippen LogP contribution in [0, 0.1) is 0 Å². The van der Waals surface area contributed by atoms with Crippen molar-refractivity contribution in [3.8, 4) is 11.1 Å². The zero-order valence-corrected chi connectivity index (χ0v) is 14.6. The summed E-state index contributed by atoms with van der Waals surface area (Å²) in [6.45, 7) is 4.84. The van der Waals surface area contributed by atoms with Crippen LogP contribution < -0.4 is 5.32 Å². The van der Waals surface area contributed by atoms with E-state index in [1.165, 1.54) is 0 Å². The molecule has 24 heavy (non-hydrogen) atoms. The first kappa shape index (κ1) is 15.7. The third-order valence-corrected chi connectivity index (χ3v) is 5.21. The van der Waals surface area contributed by atoms with Crippen LogP contribution in [0.15, 0.2) is 30.7 Å². The number of hydrogen-bond donors (Lipinski definition) is 2. The topological polar surface area (TPSA) is 63.0 Å². The minimum absolute atomic E-state index is 0.0402. The molecule has 4 rings (SSSR count). The SMILES string of the molecule is CC(C)(O)Cn1cc(-c2cnc3c(c2Cl)C2(CC=CC2)CN3)cn1. The van der Waals surface area contributed by atoms with E-state index in [9.17, 15) is 5.11 Å². The lowest BCUT2D eigenvalue weighted by atomic mass is 9.80. The van der Waals surface area contributed by atoms with E-state index in [2.05, 4.69) is 27.6 Å². The van der Waals surface area contributed by atoms with E-state index in [1.54, 1.807) is 30.9 Å². The van der Waals surface area contributed by atoms with Gasteiger partial charge in [-0.1, -0.05) is 23.8 Å². The average molecular weight is 345 g/mol. The van der Waals surface area contributed by atoms with E-state index in [1.807, 2.05) is 6.20 Å². The minimum atomic E-state index is -0.813. The maximum absolute atomic E-state index is 9.96. The largest absolute Gasteiger partial charge is 0.389 e. The van der Waals surface area contributed by atoms with Crippen LogP contribution in [0.1, 0.15) is 32.3 Å². The lowest BCUT2D eigenvalue weighted by Gasteiger charge is -2.24. The molecule has 0 bridgehead atoms. The van der Waals surface area contributed by atoms with Gasteiger partial charge in [0, 0.05) is 41.0 Å². The first-order valence-corrected chi connectivity index (χ1v) is 8.59. The maximum atomic E-state index is 9.96. The number of nitrogens with zero attached hydrogens (tertiary/aromatic N) is 3. The predicted molar refractivity (Wildman–Crippen MR) is 95.3 cm³/mol. The molecule has 0 aromatic carbocycles. The molecular formula is C18H21ClN4O. The quantitative estimate of drug-likeness (QED) is 0.838. The first-order valence-electron chi connectivity index (χ1n) is 8.21. The molecule has 0 atom stereocenters. The number of pyridine rings is 1. The predicted octanol–water partition coefficient (Wildman–Crippen LogP) is 3.38. The summed E-state index contributed by atoms with van der Waals surface area (Å²) in [5.41, 5.74) is 2.17. The van der Waals surface area contributed by atoms with Gasteiger partial charge in [0.25, 0.3) is 0 Å². The first-order chi connectivity index (χ1) is 11.4. The Labute approximate surface area is 146 Å². The number of anilines is 1. The molecule has 2 aromatic rings. The van der Waals surface area contributed by atoms with Gasteiger partial charge < -0.3 is 10.4 Å². The van der Waals surface area contributed by atoms with Gasteiger partial charge in [0.2, 0.25) is 0 Å². The Morgan fingerprint density at radius 2 is 2.08 bits per heavy atom. The molecule has 1 aliphatic heterocycles. The van der Waals surface area contributed by atoms with E-state index in [0.717, 1.165) is 46.9 Å². The highest BCUT2D eigenvalue weighted by atomic mass is 35.5. The summed E-state index contributed by atoms with van der Waals surface area (Å²) in [5.74, 6) is 0.899. The molecule has 2 aromatic heterocycles. The van der Waals surface area contributed by atoms with Crippen LogP contribution in [0.3, 0.4) is 0 Å². The highest BCUT2D eigenvalue weighted by Gasteiger charge is 2.42. The number of fused-ring (bicyclic) bond motifs is 2. The molecule has 2 N–H and O–H groups in total. The highest BCUT2D eigenvalue weighted by molar-refractivity contribution is 6.34. The van der Waals surface area contributed by atoms with Gasteiger partial charge in [0.1, 0.15) is 5.82 Å². The van der Waals surface area contributed by atoms with Gasteiger partial charge in [-0.05, 0) is 26.7 Å². The normalized spacial score (nSPS) is 18.2. The van der Waals surface area contributed by atoms with Gasteiger partial charge in [-0.2, -0.15) is 5.10 Å². The van der Waals surface area contributed by atoms with Crippen molar-refractivity contribution >= 4 is 17.4 Å². The molecule has 0 saturated carbocycles. The summed E-state index contributed by atoms with van der Waals surface area (Å²) >= 11 is 6.81. The van der Waals surface area contributed by atoms with E-state index < -0.39 is 5.60 Å². The number of allylic oxidation sites excluding steroid dienone is 2. The molecule has 6 heteroatoms. The van der Waals surface area contributed by atoms with Crippen molar-refractivity contribution in [2.45, 2.75) is 44.2 Å². The summed E-state index contributed by atoms with van der Waals surface area (Å²) < 4.78 is 1.74. The molecule has 1 spiro atoms. The standard InChI is InChI=1S/C18H21ClN4O/c1-17(2,24)11-23-9-12(7-22-23)13-8-20-16-14(15(13)19)18(10-21-16)5-3-4-6-18/h3-4,7-9,24H,5-6,10-11H2,1-2H3,(H,20,21). The van der Waals surface area contributed by atoms with Crippen molar-refractivity contribution in [1.82, 2.24) is 14.8 Å². The molecular weight excluding hydrogens is 324 g/mol. The second kappa shape index (κ2) is 5.33. The Balaban J connectivity index is 1.73. The molecule has 0 amide bonds. The molecule has 0 radical (unpaired) electrons. The molecule has 2 aliphatic rings. The Kier molecular flexibility index (Phi) is 3.48. The van der Waals surface area contributed by atoms with Gasteiger partial charge in [-0.25, -0.2) is 4.98 Å². The van der Waals surface area contributed by atoms with Crippen molar-refractivity contribution in [1.29, 1.82) is 0 Å². The smallest absolute Gasteiger partial charge is 0.131 e. The molecule has 5 nitrogen and oxygen atoms in total. The summed E-state index contributed by atoms with van der Waals surface area (Å²) in [6, 6.07) is 0. The van der Waals surface area contributed by atoms with E-state index in [-0.39, 0.29) is 5.41 Å². The number of aromatic nitrogens is 3. The second-order valence-electron chi connectivity index (χ2n) is 7.46. The van der Waals surface area contributed by atoms with E-state index in [0.29, 0.717) is 6.54 Å². The highest BCUT2D eigenvalue weighted by Crippen LogP contribution is 2.49. The van der Waals surface area contributed by atoms with Crippen molar-refractivity contribution in [2.24, 2.45) is 0 Å². The fourth-order valence-corrected chi connectivity index (χ4v) is 4.13. The van der Waals surface area contributed by atoms with Crippen LogP contribution >= 0.6 is 11.6 Å². The number of halogens is 1. The maximum Gasteiger partial charge on any atom is 0.131 e. The molecule has 0 unspecified atom stereocenters. The summed E-state index contributed by atoms with van der Waals surface area (Å²) in [6.07, 6.45) is 11.9. The van der Waals surface area contributed by atoms with E-state index in [4.69, 9.17) is 11.6 Å². The Hall–Kier alpha value is -1.85. The third-order valence-electron chi connectivity index (χ3n) is 4.82. The third kappa shape index (κ3) is 2.52.